The van der Waals surface area contributed by atoms with Crippen LogP contribution in [0.5, 0.6) is 5.75 Å². The zero-order valence-electron chi connectivity index (χ0n) is 8.59. The summed E-state index contributed by atoms with van der Waals surface area (Å²) in [6.45, 7) is 2.86. The van der Waals surface area contributed by atoms with Crippen molar-refractivity contribution in [3.8, 4) is 5.75 Å². The number of hydrogen-bond donors (Lipinski definition) is 1. The molecule has 1 rings (SSSR count). The summed E-state index contributed by atoms with van der Waals surface area (Å²) in [6.07, 6.45) is 0.980. The van der Waals surface area contributed by atoms with Crippen LogP contribution in [0.25, 0.3) is 0 Å². The van der Waals surface area contributed by atoms with Crippen LogP contribution in [-0.2, 0) is 6.42 Å². The number of ether oxygens (including phenoxy) is 1. The molecule has 0 saturated carbocycles. The predicted octanol–water partition coefficient (Wildman–Crippen LogP) is 2.59. The summed E-state index contributed by atoms with van der Waals surface area (Å²) in [4.78, 5) is 0. The van der Waals surface area contributed by atoms with Crippen LogP contribution in [0.1, 0.15) is 12.5 Å². The van der Waals surface area contributed by atoms with E-state index in [1.54, 1.807) is 7.11 Å². The molecule has 2 nitrogen and oxygen atoms in total. The van der Waals surface area contributed by atoms with Crippen LogP contribution in [0.3, 0.4) is 0 Å². The van der Waals surface area contributed by atoms with Crippen molar-refractivity contribution in [1.29, 1.82) is 0 Å². The summed E-state index contributed by atoms with van der Waals surface area (Å²) in [5, 5.41) is 0. The zero-order valence-corrected chi connectivity index (χ0v) is 10.2. The second kappa shape index (κ2) is 5.37. The van der Waals surface area contributed by atoms with Crippen molar-refractivity contribution in [2.24, 2.45) is 11.7 Å². The Morgan fingerprint density at radius 1 is 1.50 bits per heavy atom. The van der Waals surface area contributed by atoms with Crippen molar-refractivity contribution < 1.29 is 4.74 Å². The van der Waals surface area contributed by atoms with Gasteiger partial charge in [-0.2, -0.15) is 0 Å². The maximum absolute atomic E-state index is 5.59. The van der Waals surface area contributed by atoms with E-state index in [1.807, 2.05) is 12.1 Å². The Kier molecular flexibility index (Phi) is 4.42. The van der Waals surface area contributed by atoms with E-state index in [0.717, 1.165) is 16.6 Å². The van der Waals surface area contributed by atoms with E-state index in [0.29, 0.717) is 12.5 Å². The lowest BCUT2D eigenvalue weighted by Gasteiger charge is -2.11. The van der Waals surface area contributed by atoms with Gasteiger partial charge in [-0.3, -0.25) is 0 Å². The minimum Gasteiger partial charge on any atom is -0.497 e. The van der Waals surface area contributed by atoms with Crippen molar-refractivity contribution in [3.63, 3.8) is 0 Å². The lowest BCUT2D eigenvalue weighted by Crippen LogP contribution is -2.13. The third-order valence-corrected chi connectivity index (χ3v) is 3.00. The van der Waals surface area contributed by atoms with Crippen molar-refractivity contribution in [2.75, 3.05) is 13.7 Å². The largest absolute Gasteiger partial charge is 0.497 e. The smallest absolute Gasteiger partial charge is 0.119 e. The van der Waals surface area contributed by atoms with Crippen LogP contribution in [0.2, 0.25) is 0 Å². The van der Waals surface area contributed by atoms with Crippen molar-refractivity contribution in [2.45, 2.75) is 13.3 Å². The van der Waals surface area contributed by atoms with E-state index < -0.39 is 0 Å². The summed E-state index contributed by atoms with van der Waals surface area (Å²) in [5.41, 5.74) is 6.85. The molecule has 1 unspecified atom stereocenters. The Bertz CT molecular complexity index is 301. The normalized spacial score (nSPS) is 12.6. The number of benzene rings is 1. The molecule has 3 heteroatoms. The van der Waals surface area contributed by atoms with Gasteiger partial charge < -0.3 is 10.5 Å². The Labute approximate surface area is 93.6 Å². The van der Waals surface area contributed by atoms with Gasteiger partial charge in [0, 0.05) is 4.47 Å². The molecule has 1 aromatic carbocycles. The second-order valence-corrected chi connectivity index (χ2v) is 4.36. The lowest BCUT2D eigenvalue weighted by molar-refractivity contribution is 0.413. The molecule has 1 atom stereocenters. The van der Waals surface area contributed by atoms with E-state index in [1.165, 1.54) is 5.56 Å². The van der Waals surface area contributed by atoms with Crippen LogP contribution >= 0.6 is 15.9 Å². The van der Waals surface area contributed by atoms with Crippen LogP contribution < -0.4 is 10.5 Å². The van der Waals surface area contributed by atoms with E-state index in [2.05, 4.69) is 28.9 Å². The first-order chi connectivity index (χ1) is 6.67. The Hall–Kier alpha value is -0.540. The lowest BCUT2D eigenvalue weighted by atomic mass is 10.0. The molecule has 0 spiro atoms. The minimum atomic E-state index is 0.499. The Morgan fingerprint density at radius 3 is 2.79 bits per heavy atom. The molecule has 0 aliphatic heterocycles. The molecule has 2 N–H and O–H groups in total. The number of methoxy groups -OCH3 is 1. The fourth-order valence-corrected chi connectivity index (χ4v) is 1.70. The first-order valence-corrected chi connectivity index (χ1v) is 5.49. The highest BCUT2D eigenvalue weighted by Gasteiger charge is 2.06. The highest BCUT2D eigenvalue weighted by Crippen LogP contribution is 2.24. The van der Waals surface area contributed by atoms with Gasteiger partial charge in [-0.25, -0.2) is 0 Å². The molecule has 0 aromatic heterocycles. The van der Waals surface area contributed by atoms with E-state index in [9.17, 15) is 0 Å². The Morgan fingerprint density at radius 2 is 2.21 bits per heavy atom. The first-order valence-electron chi connectivity index (χ1n) is 4.70. The highest BCUT2D eigenvalue weighted by molar-refractivity contribution is 9.10. The third-order valence-electron chi connectivity index (χ3n) is 2.22. The molecule has 0 bridgehead atoms. The van der Waals surface area contributed by atoms with Crippen LogP contribution in [-0.4, -0.2) is 13.7 Å². The van der Waals surface area contributed by atoms with Crippen LogP contribution in [0.15, 0.2) is 22.7 Å². The molecule has 0 amide bonds. The number of hydrogen-bond acceptors (Lipinski definition) is 2. The molecule has 0 fully saturated rings. The summed E-state index contributed by atoms with van der Waals surface area (Å²) in [7, 11) is 1.68. The molecule has 0 aliphatic rings. The van der Waals surface area contributed by atoms with Gasteiger partial charge in [0.25, 0.3) is 0 Å². The summed E-state index contributed by atoms with van der Waals surface area (Å²) >= 11 is 3.52. The predicted molar refractivity (Wildman–Crippen MR) is 62.6 cm³/mol. The molecule has 0 heterocycles. The molecule has 0 saturated heterocycles. The molecule has 0 aliphatic carbocycles. The van der Waals surface area contributed by atoms with Crippen molar-refractivity contribution >= 4 is 15.9 Å². The maximum atomic E-state index is 5.59. The minimum absolute atomic E-state index is 0.499. The van der Waals surface area contributed by atoms with Gasteiger partial charge in [0.05, 0.1) is 7.11 Å². The zero-order chi connectivity index (χ0) is 10.6. The number of halogens is 1. The van der Waals surface area contributed by atoms with Gasteiger partial charge in [0.15, 0.2) is 0 Å². The highest BCUT2D eigenvalue weighted by atomic mass is 79.9. The van der Waals surface area contributed by atoms with Crippen molar-refractivity contribution in [1.82, 2.24) is 0 Å². The summed E-state index contributed by atoms with van der Waals surface area (Å²) < 4.78 is 6.30. The van der Waals surface area contributed by atoms with E-state index in [-0.39, 0.29) is 0 Å². The summed E-state index contributed by atoms with van der Waals surface area (Å²) in [6, 6.07) is 6.01. The monoisotopic (exact) mass is 257 g/mol. The molecular formula is C11H16BrNO. The fourth-order valence-electron chi connectivity index (χ4n) is 1.29. The quantitative estimate of drug-likeness (QED) is 0.900. The van der Waals surface area contributed by atoms with E-state index in [4.69, 9.17) is 10.5 Å². The number of rotatable bonds is 4. The molecule has 0 radical (unpaired) electrons. The van der Waals surface area contributed by atoms with Gasteiger partial charge in [-0.1, -0.05) is 22.9 Å². The number of nitrogens with two attached hydrogens (primary N) is 1. The van der Waals surface area contributed by atoms with Crippen molar-refractivity contribution in [3.05, 3.63) is 28.2 Å². The Balaban J connectivity index is 2.83. The van der Waals surface area contributed by atoms with Crippen LogP contribution in [0, 0.1) is 5.92 Å². The van der Waals surface area contributed by atoms with Gasteiger partial charge in [0.1, 0.15) is 5.75 Å². The van der Waals surface area contributed by atoms with Gasteiger partial charge in [-0.15, -0.1) is 0 Å². The van der Waals surface area contributed by atoms with Gasteiger partial charge in [0.2, 0.25) is 0 Å². The average Bonchev–Trinajstić information content (AvgIpc) is 2.21. The van der Waals surface area contributed by atoms with Gasteiger partial charge in [-0.05, 0) is 42.6 Å². The topological polar surface area (TPSA) is 35.2 Å². The average molecular weight is 258 g/mol. The second-order valence-electron chi connectivity index (χ2n) is 3.50. The molecule has 1 aromatic rings. The fraction of sp³-hybridized carbons (Fsp3) is 0.455. The molecule has 14 heavy (non-hydrogen) atoms. The molecule has 78 valence electrons. The SMILES string of the molecule is COc1ccc(Br)c(CC(C)CN)c1. The third kappa shape index (κ3) is 3.00. The van der Waals surface area contributed by atoms with Crippen LogP contribution in [0.4, 0.5) is 0 Å². The molecular weight excluding hydrogens is 242 g/mol. The van der Waals surface area contributed by atoms with E-state index >= 15 is 0 Å². The maximum Gasteiger partial charge on any atom is 0.119 e. The van der Waals surface area contributed by atoms with Gasteiger partial charge >= 0.3 is 0 Å². The standard InChI is InChI=1S/C11H16BrNO/c1-8(7-13)5-9-6-10(14-2)3-4-11(9)12/h3-4,6,8H,5,7,13H2,1-2H3. The summed E-state index contributed by atoms with van der Waals surface area (Å²) in [5.74, 6) is 1.39. The first kappa shape index (κ1) is 11.5.